The van der Waals surface area contributed by atoms with Gasteiger partial charge >= 0.3 is 0 Å². The first-order chi connectivity index (χ1) is 5.75. The standard InChI is InChI=1S/C8H6ClNOS/c1-5-10-6(4-11-5)7-2-3-8(9)12-7/h2-4H,1H3. The number of hydrogen-bond donors (Lipinski definition) is 0. The monoisotopic (exact) mass is 199 g/mol. The minimum atomic E-state index is 0.675. The van der Waals surface area contributed by atoms with Crippen LogP contribution in [-0.2, 0) is 0 Å². The highest BCUT2D eigenvalue weighted by atomic mass is 35.5. The SMILES string of the molecule is Cc1nc(-c2ccc(Cl)s2)co1. The predicted octanol–water partition coefficient (Wildman–Crippen LogP) is 3.36. The molecular weight excluding hydrogens is 194 g/mol. The molecule has 12 heavy (non-hydrogen) atoms. The van der Waals surface area contributed by atoms with Crippen LogP contribution in [-0.4, -0.2) is 4.98 Å². The molecule has 0 spiro atoms. The molecule has 0 fully saturated rings. The molecule has 0 saturated carbocycles. The van der Waals surface area contributed by atoms with E-state index in [9.17, 15) is 0 Å². The Morgan fingerprint density at radius 2 is 2.33 bits per heavy atom. The first-order valence-electron chi connectivity index (χ1n) is 3.43. The fourth-order valence-corrected chi connectivity index (χ4v) is 1.92. The minimum Gasteiger partial charge on any atom is -0.449 e. The lowest BCUT2D eigenvalue weighted by molar-refractivity contribution is 0.521. The summed E-state index contributed by atoms with van der Waals surface area (Å²) in [6, 6.07) is 3.79. The van der Waals surface area contributed by atoms with Crippen molar-refractivity contribution in [3.05, 3.63) is 28.6 Å². The zero-order chi connectivity index (χ0) is 8.55. The third-order valence-electron chi connectivity index (χ3n) is 1.44. The fraction of sp³-hybridized carbons (Fsp3) is 0.125. The van der Waals surface area contributed by atoms with Crippen molar-refractivity contribution < 1.29 is 4.42 Å². The number of oxazole rings is 1. The van der Waals surface area contributed by atoms with Crippen molar-refractivity contribution in [3.8, 4) is 10.6 Å². The summed E-state index contributed by atoms with van der Waals surface area (Å²) in [5.41, 5.74) is 0.851. The molecule has 0 atom stereocenters. The molecule has 0 aliphatic heterocycles. The van der Waals surface area contributed by atoms with Gasteiger partial charge in [0.05, 0.1) is 9.21 Å². The highest BCUT2D eigenvalue weighted by molar-refractivity contribution is 7.19. The van der Waals surface area contributed by atoms with Crippen molar-refractivity contribution in [2.75, 3.05) is 0 Å². The molecule has 0 aliphatic carbocycles. The summed E-state index contributed by atoms with van der Waals surface area (Å²) < 4.78 is 5.85. The zero-order valence-electron chi connectivity index (χ0n) is 6.37. The largest absolute Gasteiger partial charge is 0.449 e. The van der Waals surface area contributed by atoms with Crippen LogP contribution in [0, 0.1) is 6.92 Å². The molecule has 2 heterocycles. The zero-order valence-corrected chi connectivity index (χ0v) is 7.95. The quantitative estimate of drug-likeness (QED) is 0.704. The molecule has 2 rings (SSSR count). The van der Waals surface area contributed by atoms with E-state index >= 15 is 0 Å². The average Bonchev–Trinajstić information content (AvgIpc) is 2.58. The summed E-state index contributed by atoms with van der Waals surface area (Å²) in [4.78, 5) is 5.22. The highest BCUT2D eigenvalue weighted by Crippen LogP contribution is 2.29. The van der Waals surface area contributed by atoms with Gasteiger partial charge in [0.15, 0.2) is 5.89 Å². The van der Waals surface area contributed by atoms with Gasteiger partial charge in [0, 0.05) is 6.92 Å². The summed E-state index contributed by atoms with van der Waals surface area (Å²) in [6.07, 6.45) is 1.64. The maximum Gasteiger partial charge on any atom is 0.191 e. The Morgan fingerprint density at radius 1 is 1.50 bits per heavy atom. The van der Waals surface area contributed by atoms with Crippen LogP contribution in [0.15, 0.2) is 22.8 Å². The van der Waals surface area contributed by atoms with E-state index in [2.05, 4.69) is 4.98 Å². The maximum absolute atomic E-state index is 5.78. The number of aromatic nitrogens is 1. The van der Waals surface area contributed by atoms with Gasteiger partial charge in [0.25, 0.3) is 0 Å². The molecule has 0 aliphatic rings. The van der Waals surface area contributed by atoms with Gasteiger partial charge in [-0.1, -0.05) is 11.6 Å². The highest BCUT2D eigenvalue weighted by Gasteiger charge is 2.05. The second-order valence-corrected chi connectivity index (χ2v) is 4.07. The molecule has 0 unspecified atom stereocenters. The van der Waals surface area contributed by atoms with Gasteiger partial charge in [-0.3, -0.25) is 0 Å². The molecule has 4 heteroatoms. The molecule has 2 nitrogen and oxygen atoms in total. The summed E-state index contributed by atoms with van der Waals surface area (Å²) in [6.45, 7) is 1.82. The van der Waals surface area contributed by atoms with Crippen molar-refractivity contribution >= 4 is 22.9 Å². The van der Waals surface area contributed by atoms with E-state index in [0.717, 1.165) is 14.9 Å². The average molecular weight is 200 g/mol. The van der Waals surface area contributed by atoms with Crippen LogP contribution in [0.5, 0.6) is 0 Å². The Morgan fingerprint density at radius 3 is 2.83 bits per heavy atom. The molecular formula is C8H6ClNOS. The summed E-state index contributed by atoms with van der Waals surface area (Å²) >= 11 is 7.27. The first kappa shape index (κ1) is 7.83. The van der Waals surface area contributed by atoms with Gasteiger partial charge in [0.2, 0.25) is 0 Å². The minimum absolute atomic E-state index is 0.675. The van der Waals surface area contributed by atoms with Gasteiger partial charge < -0.3 is 4.42 Å². The Bertz CT molecular complexity index is 355. The smallest absolute Gasteiger partial charge is 0.191 e. The Hall–Kier alpha value is -0.800. The lowest BCUT2D eigenvalue weighted by Gasteiger charge is -1.83. The molecule has 2 aromatic rings. The van der Waals surface area contributed by atoms with Gasteiger partial charge in [-0.25, -0.2) is 4.98 Å². The predicted molar refractivity (Wildman–Crippen MR) is 49.6 cm³/mol. The van der Waals surface area contributed by atoms with Crippen molar-refractivity contribution in [1.29, 1.82) is 0 Å². The van der Waals surface area contributed by atoms with Crippen LogP contribution in [0.25, 0.3) is 10.6 Å². The van der Waals surface area contributed by atoms with E-state index in [-0.39, 0.29) is 0 Å². The van der Waals surface area contributed by atoms with Crippen molar-refractivity contribution in [1.82, 2.24) is 4.98 Å². The second-order valence-electron chi connectivity index (χ2n) is 2.36. The number of hydrogen-bond acceptors (Lipinski definition) is 3. The van der Waals surface area contributed by atoms with E-state index in [1.165, 1.54) is 11.3 Å². The van der Waals surface area contributed by atoms with E-state index in [1.54, 1.807) is 6.26 Å². The third-order valence-corrected chi connectivity index (χ3v) is 2.70. The van der Waals surface area contributed by atoms with Gasteiger partial charge in [-0.05, 0) is 12.1 Å². The summed E-state index contributed by atoms with van der Waals surface area (Å²) in [7, 11) is 0. The lowest BCUT2D eigenvalue weighted by Crippen LogP contribution is -1.70. The molecule has 2 aromatic heterocycles. The molecule has 62 valence electrons. The normalized spacial score (nSPS) is 10.5. The van der Waals surface area contributed by atoms with Crippen LogP contribution in [0.3, 0.4) is 0 Å². The molecule has 0 aromatic carbocycles. The van der Waals surface area contributed by atoms with Crippen LogP contribution >= 0.6 is 22.9 Å². The van der Waals surface area contributed by atoms with E-state index in [0.29, 0.717) is 5.89 Å². The summed E-state index contributed by atoms with van der Waals surface area (Å²) in [5.74, 6) is 0.675. The number of aryl methyl sites for hydroxylation is 1. The van der Waals surface area contributed by atoms with E-state index in [1.807, 2.05) is 19.1 Å². The van der Waals surface area contributed by atoms with Crippen molar-refractivity contribution in [2.45, 2.75) is 6.92 Å². The van der Waals surface area contributed by atoms with Crippen molar-refractivity contribution in [3.63, 3.8) is 0 Å². The fourth-order valence-electron chi connectivity index (χ4n) is 0.929. The number of thiophene rings is 1. The van der Waals surface area contributed by atoms with Gasteiger partial charge in [0.1, 0.15) is 12.0 Å². The number of nitrogens with zero attached hydrogens (tertiary/aromatic N) is 1. The second kappa shape index (κ2) is 2.92. The summed E-state index contributed by atoms with van der Waals surface area (Å²) in [5, 5.41) is 0. The molecule has 0 saturated heterocycles. The molecule has 0 N–H and O–H groups in total. The van der Waals surface area contributed by atoms with Gasteiger partial charge in [-0.2, -0.15) is 0 Å². The Labute approximate surface area is 78.8 Å². The molecule has 0 radical (unpaired) electrons. The topological polar surface area (TPSA) is 26.0 Å². The molecule has 0 amide bonds. The molecule has 0 bridgehead atoms. The van der Waals surface area contributed by atoms with Gasteiger partial charge in [-0.15, -0.1) is 11.3 Å². The maximum atomic E-state index is 5.78. The van der Waals surface area contributed by atoms with Crippen LogP contribution < -0.4 is 0 Å². The Balaban J connectivity index is 2.43. The number of rotatable bonds is 1. The Kier molecular flexibility index (Phi) is 1.90. The lowest BCUT2D eigenvalue weighted by atomic mass is 10.4. The van der Waals surface area contributed by atoms with Crippen LogP contribution in [0.1, 0.15) is 5.89 Å². The van der Waals surface area contributed by atoms with E-state index < -0.39 is 0 Å². The first-order valence-corrected chi connectivity index (χ1v) is 4.63. The van der Waals surface area contributed by atoms with Crippen LogP contribution in [0.4, 0.5) is 0 Å². The van der Waals surface area contributed by atoms with Crippen molar-refractivity contribution in [2.24, 2.45) is 0 Å². The number of halogens is 1. The van der Waals surface area contributed by atoms with Crippen LogP contribution in [0.2, 0.25) is 4.34 Å². The third kappa shape index (κ3) is 1.38. The van der Waals surface area contributed by atoms with E-state index in [4.69, 9.17) is 16.0 Å².